The number of benzene rings is 1. The van der Waals surface area contributed by atoms with Gasteiger partial charge in [0.05, 0.1) is 4.90 Å². The van der Waals surface area contributed by atoms with Crippen LogP contribution < -0.4 is 9.47 Å². The summed E-state index contributed by atoms with van der Waals surface area (Å²) in [5.74, 6) is -0.532. The minimum atomic E-state index is -3.50. The van der Waals surface area contributed by atoms with Crippen LogP contribution in [0.3, 0.4) is 0 Å². The van der Waals surface area contributed by atoms with E-state index < -0.39 is 15.7 Å². The molecule has 1 aliphatic rings. The average Bonchev–Trinajstić information content (AvgIpc) is 2.72. The van der Waals surface area contributed by atoms with Crippen LogP contribution in [0, 0.1) is 12.7 Å². The first-order valence-electron chi connectivity index (χ1n) is 10.7. The van der Waals surface area contributed by atoms with Gasteiger partial charge in [-0.2, -0.15) is 4.98 Å². The first-order chi connectivity index (χ1) is 14.8. The van der Waals surface area contributed by atoms with Gasteiger partial charge in [-0.05, 0) is 50.9 Å². The Balaban J connectivity index is 1.62. The lowest BCUT2D eigenvalue weighted by atomic mass is 10.1. The van der Waals surface area contributed by atoms with Gasteiger partial charge in [0.1, 0.15) is 6.10 Å². The Bertz CT molecular complexity index is 992. The van der Waals surface area contributed by atoms with E-state index in [9.17, 15) is 12.8 Å². The van der Waals surface area contributed by atoms with Crippen molar-refractivity contribution in [1.29, 1.82) is 0 Å². The summed E-state index contributed by atoms with van der Waals surface area (Å²) in [6.45, 7) is 7.19. The van der Waals surface area contributed by atoms with E-state index in [2.05, 4.69) is 21.8 Å². The Morgan fingerprint density at radius 3 is 2.61 bits per heavy atom. The molecular weight excluding hydrogens is 421 g/mol. The molecule has 0 saturated carbocycles. The maximum absolute atomic E-state index is 14.3. The molecule has 1 aromatic carbocycles. The van der Waals surface area contributed by atoms with Crippen molar-refractivity contribution < 1.29 is 22.3 Å². The van der Waals surface area contributed by atoms with Crippen LogP contribution in [0.4, 0.5) is 4.39 Å². The summed E-state index contributed by atoms with van der Waals surface area (Å²) >= 11 is 0. The van der Waals surface area contributed by atoms with Crippen molar-refractivity contribution in [3.63, 3.8) is 0 Å². The summed E-state index contributed by atoms with van der Waals surface area (Å²) in [5, 5.41) is 0. The van der Waals surface area contributed by atoms with E-state index in [1.54, 1.807) is 6.20 Å². The monoisotopic (exact) mass is 451 g/mol. The van der Waals surface area contributed by atoms with E-state index in [-0.39, 0.29) is 22.8 Å². The number of likely N-dealkylation sites (tertiary alicyclic amines) is 1. The Hall–Kier alpha value is -2.26. The topological polar surface area (TPSA) is 81.6 Å². The standard InChI is InChI=1S/C22H30FN3O4S/c1-4-5-6-11-26-12-9-17(10-13-26)29-21-16(2)15-24-22(25-21)30-20-8-7-18(14-19(20)23)31(3,27)28/h7-8,14-15,17H,4-6,9-13H2,1-3H3. The van der Waals surface area contributed by atoms with Gasteiger partial charge in [0, 0.05) is 31.1 Å². The fourth-order valence-electron chi connectivity index (χ4n) is 3.47. The third kappa shape index (κ3) is 6.61. The molecule has 0 spiro atoms. The van der Waals surface area contributed by atoms with Gasteiger partial charge in [0.2, 0.25) is 5.88 Å². The number of piperidine rings is 1. The second-order valence-corrected chi connectivity index (χ2v) is 9.99. The molecule has 1 fully saturated rings. The summed E-state index contributed by atoms with van der Waals surface area (Å²) in [7, 11) is -3.50. The molecule has 3 rings (SSSR count). The molecule has 1 aliphatic heterocycles. The van der Waals surface area contributed by atoms with E-state index in [1.165, 1.54) is 31.4 Å². The quantitative estimate of drug-likeness (QED) is 0.530. The number of aromatic nitrogens is 2. The molecule has 31 heavy (non-hydrogen) atoms. The number of hydrogen-bond donors (Lipinski definition) is 0. The van der Waals surface area contributed by atoms with Gasteiger partial charge in [-0.3, -0.25) is 0 Å². The molecule has 0 N–H and O–H groups in total. The molecule has 170 valence electrons. The molecule has 1 saturated heterocycles. The number of halogens is 1. The largest absolute Gasteiger partial charge is 0.474 e. The first-order valence-corrected chi connectivity index (χ1v) is 12.6. The van der Waals surface area contributed by atoms with Crippen LogP contribution in [-0.2, 0) is 9.84 Å². The molecular formula is C22H30FN3O4S. The van der Waals surface area contributed by atoms with Crippen LogP contribution in [-0.4, -0.2) is 55.3 Å². The molecule has 0 amide bonds. The zero-order valence-corrected chi connectivity index (χ0v) is 19.1. The highest BCUT2D eigenvalue weighted by Crippen LogP contribution is 2.27. The maximum atomic E-state index is 14.3. The zero-order valence-electron chi connectivity index (χ0n) is 18.3. The lowest BCUT2D eigenvalue weighted by Crippen LogP contribution is -2.38. The van der Waals surface area contributed by atoms with Crippen molar-refractivity contribution in [1.82, 2.24) is 14.9 Å². The minimum absolute atomic E-state index is 0.0522. The number of ether oxygens (including phenoxy) is 2. The Labute approximate surface area is 183 Å². The van der Waals surface area contributed by atoms with E-state index in [0.29, 0.717) is 5.88 Å². The number of aryl methyl sites for hydroxylation is 1. The molecule has 0 aliphatic carbocycles. The van der Waals surface area contributed by atoms with Gasteiger partial charge in [0.15, 0.2) is 21.4 Å². The van der Waals surface area contributed by atoms with Crippen LogP contribution in [0.1, 0.15) is 44.6 Å². The highest BCUT2D eigenvalue weighted by molar-refractivity contribution is 7.90. The second kappa shape index (κ2) is 10.4. The van der Waals surface area contributed by atoms with Crippen molar-refractivity contribution in [3.8, 4) is 17.6 Å². The molecule has 7 nitrogen and oxygen atoms in total. The minimum Gasteiger partial charge on any atom is -0.474 e. The van der Waals surface area contributed by atoms with Crippen molar-refractivity contribution in [2.24, 2.45) is 0 Å². The Morgan fingerprint density at radius 2 is 1.97 bits per heavy atom. The van der Waals surface area contributed by atoms with E-state index in [4.69, 9.17) is 9.47 Å². The van der Waals surface area contributed by atoms with Crippen LogP contribution in [0.15, 0.2) is 29.3 Å². The van der Waals surface area contributed by atoms with Gasteiger partial charge in [-0.15, -0.1) is 0 Å². The van der Waals surface area contributed by atoms with Gasteiger partial charge in [-0.25, -0.2) is 17.8 Å². The van der Waals surface area contributed by atoms with Crippen LogP contribution in [0.2, 0.25) is 0 Å². The highest BCUT2D eigenvalue weighted by Gasteiger charge is 2.22. The number of nitrogens with zero attached hydrogens (tertiary/aromatic N) is 3. The lowest BCUT2D eigenvalue weighted by molar-refractivity contribution is 0.0946. The molecule has 1 aromatic heterocycles. The second-order valence-electron chi connectivity index (χ2n) is 7.97. The van der Waals surface area contributed by atoms with Crippen LogP contribution in [0.5, 0.6) is 17.6 Å². The van der Waals surface area contributed by atoms with Crippen molar-refractivity contribution in [2.75, 3.05) is 25.9 Å². The first kappa shape index (κ1) is 23.4. The predicted octanol–water partition coefficient (Wildman–Crippen LogP) is 4.15. The number of unbranched alkanes of at least 4 members (excludes halogenated alkanes) is 2. The Morgan fingerprint density at radius 1 is 1.23 bits per heavy atom. The third-order valence-corrected chi connectivity index (χ3v) is 6.44. The summed E-state index contributed by atoms with van der Waals surface area (Å²) in [4.78, 5) is 10.7. The van der Waals surface area contributed by atoms with Crippen LogP contribution >= 0.6 is 0 Å². The molecule has 0 bridgehead atoms. The molecule has 0 unspecified atom stereocenters. The lowest BCUT2D eigenvalue weighted by Gasteiger charge is -2.32. The molecule has 2 aromatic rings. The summed E-state index contributed by atoms with van der Waals surface area (Å²) in [6.07, 6.45) is 8.22. The van der Waals surface area contributed by atoms with Crippen molar-refractivity contribution in [2.45, 2.75) is 57.0 Å². The van der Waals surface area contributed by atoms with Crippen molar-refractivity contribution >= 4 is 9.84 Å². The third-order valence-electron chi connectivity index (χ3n) is 5.33. The predicted molar refractivity (Wildman–Crippen MR) is 116 cm³/mol. The normalized spacial score (nSPS) is 15.7. The molecule has 0 radical (unpaired) electrons. The van der Waals surface area contributed by atoms with E-state index in [1.807, 2.05) is 6.92 Å². The Kier molecular flexibility index (Phi) is 7.83. The van der Waals surface area contributed by atoms with E-state index >= 15 is 0 Å². The summed E-state index contributed by atoms with van der Waals surface area (Å²) in [5.41, 5.74) is 0.769. The van der Waals surface area contributed by atoms with Gasteiger partial charge in [0.25, 0.3) is 0 Å². The molecule has 9 heteroatoms. The molecule has 0 atom stereocenters. The smallest absolute Gasteiger partial charge is 0.325 e. The zero-order chi connectivity index (χ0) is 22.4. The molecule has 2 heterocycles. The SMILES string of the molecule is CCCCCN1CCC(Oc2nc(Oc3ccc(S(C)(=O)=O)cc3F)ncc2C)CC1. The van der Waals surface area contributed by atoms with Gasteiger partial charge < -0.3 is 14.4 Å². The van der Waals surface area contributed by atoms with Gasteiger partial charge >= 0.3 is 6.01 Å². The van der Waals surface area contributed by atoms with Crippen LogP contribution in [0.25, 0.3) is 0 Å². The van der Waals surface area contributed by atoms with Crippen molar-refractivity contribution in [3.05, 3.63) is 35.8 Å². The number of rotatable bonds is 9. The fourth-order valence-corrected chi connectivity index (χ4v) is 4.10. The summed E-state index contributed by atoms with van der Waals surface area (Å²) in [6, 6.07) is 3.41. The number of hydrogen-bond acceptors (Lipinski definition) is 7. The summed E-state index contributed by atoms with van der Waals surface area (Å²) < 4.78 is 49.0. The van der Waals surface area contributed by atoms with Gasteiger partial charge in [-0.1, -0.05) is 19.8 Å². The number of sulfone groups is 1. The average molecular weight is 452 g/mol. The fraction of sp³-hybridized carbons (Fsp3) is 0.545. The highest BCUT2D eigenvalue weighted by atomic mass is 32.2. The van der Waals surface area contributed by atoms with E-state index in [0.717, 1.165) is 50.4 Å². The maximum Gasteiger partial charge on any atom is 0.325 e.